The molecule has 1 atom stereocenters. The fourth-order valence-electron chi connectivity index (χ4n) is 3.09. The number of hydrogen-bond donors (Lipinski definition) is 0. The summed E-state index contributed by atoms with van der Waals surface area (Å²) in [5.74, 6) is -0.236. The van der Waals surface area contributed by atoms with Crippen LogP contribution in [0.5, 0.6) is 0 Å². The maximum Gasteiger partial charge on any atom is 0.171 e. The van der Waals surface area contributed by atoms with Crippen molar-refractivity contribution in [3.63, 3.8) is 0 Å². The molecule has 0 saturated carbocycles. The van der Waals surface area contributed by atoms with Crippen molar-refractivity contribution < 1.29 is 13.9 Å². The summed E-state index contributed by atoms with van der Waals surface area (Å²) in [6.07, 6.45) is 0. The molecule has 3 nitrogen and oxygen atoms in total. The molecule has 1 aromatic carbocycles. The summed E-state index contributed by atoms with van der Waals surface area (Å²) >= 11 is 0. The van der Waals surface area contributed by atoms with Gasteiger partial charge in [-0.1, -0.05) is 12.1 Å². The molecule has 0 spiro atoms. The van der Waals surface area contributed by atoms with Crippen LogP contribution in [0.25, 0.3) is 0 Å². The Morgan fingerprint density at radius 1 is 1.19 bits per heavy atom. The Morgan fingerprint density at radius 2 is 1.76 bits per heavy atom. The lowest BCUT2D eigenvalue weighted by atomic mass is 9.85. The molecule has 1 aliphatic rings. The largest absolute Gasteiger partial charge is 0.361 e. The minimum Gasteiger partial charge on any atom is -0.361 e. The average molecular weight is 293 g/mol. The molecule has 0 radical (unpaired) electrons. The van der Waals surface area contributed by atoms with Crippen LogP contribution in [0, 0.1) is 11.7 Å². The summed E-state index contributed by atoms with van der Waals surface area (Å²) in [4.78, 5) is 14.6. The lowest BCUT2D eigenvalue weighted by Crippen LogP contribution is -2.39. The predicted octanol–water partition coefficient (Wildman–Crippen LogP) is 3.03. The molecule has 1 aliphatic heterocycles. The lowest BCUT2D eigenvalue weighted by Gasteiger charge is -2.28. The van der Waals surface area contributed by atoms with Gasteiger partial charge in [-0.15, -0.1) is 0 Å². The van der Waals surface area contributed by atoms with Gasteiger partial charge in [0.15, 0.2) is 5.78 Å². The molecule has 2 rings (SSSR count). The van der Waals surface area contributed by atoms with Gasteiger partial charge in [-0.25, -0.2) is 4.39 Å². The van der Waals surface area contributed by atoms with Crippen molar-refractivity contribution in [2.75, 3.05) is 13.6 Å². The highest BCUT2D eigenvalue weighted by Gasteiger charge is 2.53. The van der Waals surface area contributed by atoms with Crippen molar-refractivity contribution in [3.8, 4) is 0 Å². The van der Waals surface area contributed by atoms with Gasteiger partial charge in [-0.05, 0) is 52.4 Å². The summed E-state index contributed by atoms with van der Waals surface area (Å²) in [6, 6.07) is 6.46. The van der Waals surface area contributed by atoms with Crippen LogP contribution in [0.1, 0.15) is 33.3 Å². The van der Waals surface area contributed by atoms with Crippen LogP contribution < -0.4 is 0 Å². The van der Waals surface area contributed by atoms with E-state index in [4.69, 9.17) is 4.74 Å². The van der Waals surface area contributed by atoms with Crippen LogP contribution in [0.4, 0.5) is 4.39 Å². The van der Waals surface area contributed by atoms with Crippen molar-refractivity contribution in [1.82, 2.24) is 4.90 Å². The van der Waals surface area contributed by atoms with E-state index in [1.165, 1.54) is 12.1 Å². The molecule has 0 amide bonds. The zero-order chi connectivity index (χ0) is 15.8. The lowest BCUT2D eigenvalue weighted by molar-refractivity contribution is -0.132. The van der Waals surface area contributed by atoms with Gasteiger partial charge in [0.25, 0.3) is 0 Å². The molecule has 1 heterocycles. The van der Waals surface area contributed by atoms with Gasteiger partial charge < -0.3 is 9.64 Å². The van der Waals surface area contributed by atoms with Crippen molar-refractivity contribution in [3.05, 3.63) is 35.6 Å². The first-order valence-corrected chi connectivity index (χ1v) is 7.29. The van der Waals surface area contributed by atoms with Crippen molar-refractivity contribution in [1.29, 1.82) is 0 Å². The quantitative estimate of drug-likeness (QED) is 0.854. The third-order valence-electron chi connectivity index (χ3n) is 4.13. The topological polar surface area (TPSA) is 29.5 Å². The standard InChI is InChI=1S/C17H24FNO2/c1-16(2)14(15(20)17(3,4)21-16)11-19(5)10-12-6-8-13(18)9-7-12/h6-9,14H,10-11H2,1-5H3. The predicted molar refractivity (Wildman–Crippen MR) is 80.5 cm³/mol. The third-order valence-corrected chi connectivity index (χ3v) is 4.13. The van der Waals surface area contributed by atoms with E-state index in [2.05, 4.69) is 4.90 Å². The van der Waals surface area contributed by atoms with Crippen LogP contribution in [0.2, 0.25) is 0 Å². The highest BCUT2D eigenvalue weighted by Crippen LogP contribution is 2.39. The second-order valence-electron chi connectivity index (χ2n) is 6.96. The molecule has 0 N–H and O–H groups in total. The Kier molecular flexibility index (Phi) is 4.22. The summed E-state index contributed by atoms with van der Waals surface area (Å²) in [5, 5.41) is 0. The summed E-state index contributed by atoms with van der Waals surface area (Å²) in [7, 11) is 1.97. The van der Waals surface area contributed by atoms with Crippen LogP contribution >= 0.6 is 0 Å². The molecule has 1 aromatic rings. The Bertz CT molecular complexity index is 522. The van der Waals surface area contributed by atoms with E-state index in [0.29, 0.717) is 13.1 Å². The van der Waals surface area contributed by atoms with E-state index >= 15 is 0 Å². The maximum atomic E-state index is 12.9. The highest BCUT2D eigenvalue weighted by molar-refractivity contribution is 5.91. The first kappa shape index (κ1) is 16.1. The van der Waals surface area contributed by atoms with E-state index in [9.17, 15) is 9.18 Å². The molecule has 116 valence electrons. The number of hydrogen-bond acceptors (Lipinski definition) is 3. The second kappa shape index (κ2) is 5.50. The van der Waals surface area contributed by atoms with E-state index in [1.54, 1.807) is 12.1 Å². The highest BCUT2D eigenvalue weighted by atomic mass is 19.1. The molecule has 21 heavy (non-hydrogen) atoms. The van der Waals surface area contributed by atoms with Gasteiger partial charge in [-0.3, -0.25) is 4.79 Å². The smallest absolute Gasteiger partial charge is 0.171 e. The van der Waals surface area contributed by atoms with E-state index in [-0.39, 0.29) is 17.5 Å². The van der Waals surface area contributed by atoms with Crippen molar-refractivity contribution in [2.24, 2.45) is 5.92 Å². The Morgan fingerprint density at radius 3 is 2.24 bits per heavy atom. The summed E-state index contributed by atoms with van der Waals surface area (Å²) in [6.45, 7) is 8.91. The first-order valence-electron chi connectivity index (χ1n) is 7.29. The average Bonchev–Trinajstić information content (AvgIpc) is 2.50. The van der Waals surface area contributed by atoms with E-state index in [1.807, 2.05) is 34.7 Å². The van der Waals surface area contributed by atoms with Crippen LogP contribution in [0.3, 0.4) is 0 Å². The SMILES string of the molecule is CN(Cc1ccc(F)cc1)CC1C(=O)C(C)(C)OC1(C)C. The van der Waals surface area contributed by atoms with Crippen molar-refractivity contribution in [2.45, 2.75) is 45.4 Å². The normalized spacial score (nSPS) is 23.8. The van der Waals surface area contributed by atoms with Gasteiger partial charge in [0.05, 0.1) is 11.5 Å². The van der Waals surface area contributed by atoms with Gasteiger partial charge >= 0.3 is 0 Å². The molecular formula is C17H24FNO2. The number of ketones is 1. The number of nitrogens with zero attached hydrogens (tertiary/aromatic N) is 1. The fourth-order valence-corrected chi connectivity index (χ4v) is 3.09. The molecule has 1 unspecified atom stereocenters. The number of benzene rings is 1. The number of carbonyl (C=O) groups excluding carboxylic acids is 1. The molecular weight excluding hydrogens is 269 g/mol. The number of carbonyl (C=O) groups is 1. The van der Waals surface area contributed by atoms with Crippen LogP contribution in [-0.2, 0) is 16.1 Å². The summed E-state index contributed by atoms with van der Waals surface area (Å²) in [5.41, 5.74) is -0.148. The third kappa shape index (κ3) is 3.50. The van der Waals surface area contributed by atoms with E-state index < -0.39 is 11.2 Å². The van der Waals surface area contributed by atoms with Crippen LogP contribution in [0.15, 0.2) is 24.3 Å². The molecule has 0 bridgehead atoms. The van der Waals surface area contributed by atoms with Gasteiger partial charge in [-0.2, -0.15) is 0 Å². The number of halogens is 1. The Balaban J connectivity index is 2.03. The fraction of sp³-hybridized carbons (Fsp3) is 0.588. The van der Waals surface area contributed by atoms with Gasteiger partial charge in [0, 0.05) is 13.1 Å². The molecule has 0 aromatic heterocycles. The number of ether oxygens (including phenoxy) is 1. The monoisotopic (exact) mass is 293 g/mol. The minimum atomic E-state index is -0.717. The summed E-state index contributed by atoms with van der Waals surface area (Å²) < 4.78 is 18.8. The zero-order valence-electron chi connectivity index (χ0n) is 13.4. The van der Waals surface area contributed by atoms with E-state index in [0.717, 1.165) is 5.56 Å². The molecule has 1 fully saturated rings. The minimum absolute atomic E-state index is 0.151. The molecule has 1 saturated heterocycles. The number of rotatable bonds is 4. The molecule has 4 heteroatoms. The Hall–Kier alpha value is -1.26. The molecule has 0 aliphatic carbocycles. The van der Waals surface area contributed by atoms with Crippen LogP contribution in [-0.4, -0.2) is 35.5 Å². The first-order chi connectivity index (χ1) is 9.62. The van der Waals surface area contributed by atoms with Crippen molar-refractivity contribution >= 4 is 5.78 Å². The van der Waals surface area contributed by atoms with Gasteiger partial charge in [0.1, 0.15) is 11.4 Å². The Labute approximate surface area is 126 Å². The zero-order valence-corrected chi connectivity index (χ0v) is 13.4. The second-order valence-corrected chi connectivity index (χ2v) is 6.96. The van der Waals surface area contributed by atoms with Gasteiger partial charge in [0.2, 0.25) is 0 Å². The maximum absolute atomic E-state index is 12.9. The number of Topliss-reactive ketones (excluding diaryl/α,β-unsaturated/α-hetero) is 1.